The molecule has 33 heavy (non-hydrogen) atoms. The summed E-state index contributed by atoms with van der Waals surface area (Å²) in [6, 6.07) is 15.8. The van der Waals surface area contributed by atoms with Crippen molar-refractivity contribution in [2.75, 3.05) is 24.3 Å². The quantitative estimate of drug-likeness (QED) is 0.403. The van der Waals surface area contributed by atoms with Crippen molar-refractivity contribution >= 4 is 28.8 Å². The molecule has 1 aromatic carbocycles. The van der Waals surface area contributed by atoms with E-state index in [-0.39, 0.29) is 6.61 Å². The summed E-state index contributed by atoms with van der Waals surface area (Å²) in [7, 11) is 1.98. The molecule has 0 atom stereocenters. The number of nitrogen functional groups attached to an aromatic ring is 1. The van der Waals surface area contributed by atoms with Gasteiger partial charge in [-0.2, -0.15) is 9.61 Å². The van der Waals surface area contributed by atoms with Crippen molar-refractivity contribution in [3.05, 3.63) is 78.2 Å². The van der Waals surface area contributed by atoms with Gasteiger partial charge in [0, 0.05) is 32.1 Å². The Bertz CT molecular complexity index is 1460. The third-order valence-corrected chi connectivity index (χ3v) is 5.44. The zero-order valence-corrected chi connectivity index (χ0v) is 18.3. The Morgan fingerprint density at radius 2 is 1.97 bits per heavy atom. The third kappa shape index (κ3) is 3.63. The number of hydrogen-bond acceptors (Lipinski definition) is 7. The van der Waals surface area contributed by atoms with E-state index in [4.69, 9.17) is 15.5 Å². The van der Waals surface area contributed by atoms with Crippen LogP contribution in [0.5, 0.6) is 0 Å². The van der Waals surface area contributed by atoms with Crippen LogP contribution in [0, 0.1) is 0 Å². The van der Waals surface area contributed by atoms with Gasteiger partial charge in [-0.3, -0.25) is 4.40 Å². The summed E-state index contributed by atoms with van der Waals surface area (Å²) in [4.78, 5) is 23.8. The SMILES string of the molecule is CCOC(=O)c1cnn2c(N(C)Cc3ccccc3)cc(-c3ccc(N)c4nccn34)nc12. The van der Waals surface area contributed by atoms with Crippen LogP contribution in [0.15, 0.2) is 67.1 Å². The molecule has 5 rings (SSSR count). The van der Waals surface area contributed by atoms with Gasteiger partial charge in [0.1, 0.15) is 11.4 Å². The molecule has 9 nitrogen and oxygen atoms in total. The highest BCUT2D eigenvalue weighted by molar-refractivity contribution is 5.96. The van der Waals surface area contributed by atoms with E-state index in [9.17, 15) is 4.79 Å². The lowest BCUT2D eigenvalue weighted by Gasteiger charge is -2.21. The number of fused-ring (bicyclic) bond motifs is 2. The van der Waals surface area contributed by atoms with E-state index in [1.807, 2.05) is 48.0 Å². The second kappa shape index (κ2) is 8.27. The van der Waals surface area contributed by atoms with E-state index in [0.29, 0.717) is 34.8 Å². The Hall–Kier alpha value is -4.40. The van der Waals surface area contributed by atoms with Crippen LogP contribution in [0.25, 0.3) is 22.7 Å². The molecule has 5 aromatic rings. The van der Waals surface area contributed by atoms with Crippen molar-refractivity contribution in [3.8, 4) is 11.4 Å². The molecule has 4 aromatic heterocycles. The maximum absolute atomic E-state index is 12.6. The normalized spacial score (nSPS) is 11.2. The number of imidazole rings is 1. The summed E-state index contributed by atoms with van der Waals surface area (Å²) in [5.41, 5.74) is 10.6. The number of benzene rings is 1. The summed E-state index contributed by atoms with van der Waals surface area (Å²) in [6.45, 7) is 2.69. The molecule has 0 unspecified atom stereocenters. The molecule has 0 aliphatic heterocycles. The van der Waals surface area contributed by atoms with Gasteiger partial charge in [0.25, 0.3) is 0 Å². The average molecular weight is 441 g/mol. The first-order chi connectivity index (χ1) is 16.1. The molecule has 0 fully saturated rings. The molecule has 9 heteroatoms. The Morgan fingerprint density at radius 1 is 1.15 bits per heavy atom. The smallest absolute Gasteiger partial charge is 0.343 e. The van der Waals surface area contributed by atoms with Crippen molar-refractivity contribution in [3.63, 3.8) is 0 Å². The first-order valence-electron chi connectivity index (χ1n) is 10.6. The van der Waals surface area contributed by atoms with Crippen LogP contribution < -0.4 is 10.6 Å². The minimum Gasteiger partial charge on any atom is -0.462 e. The van der Waals surface area contributed by atoms with E-state index in [2.05, 4.69) is 27.1 Å². The van der Waals surface area contributed by atoms with E-state index >= 15 is 0 Å². The van der Waals surface area contributed by atoms with Crippen molar-refractivity contribution in [1.29, 1.82) is 0 Å². The Morgan fingerprint density at radius 3 is 2.76 bits per heavy atom. The van der Waals surface area contributed by atoms with Crippen molar-refractivity contribution in [2.45, 2.75) is 13.5 Å². The molecular formula is C24H23N7O2. The molecule has 166 valence electrons. The molecule has 0 saturated heterocycles. The van der Waals surface area contributed by atoms with Crippen LogP contribution in [-0.2, 0) is 11.3 Å². The highest BCUT2D eigenvalue weighted by atomic mass is 16.5. The minimum absolute atomic E-state index is 0.268. The number of pyridine rings is 1. The fraction of sp³-hybridized carbons (Fsp3) is 0.167. The predicted octanol–water partition coefficient (Wildman–Crippen LogP) is 3.44. The molecule has 0 amide bonds. The van der Waals surface area contributed by atoms with Crippen molar-refractivity contribution in [1.82, 2.24) is 24.0 Å². The maximum atomic E-state index is 12.6. The predicted molar refractivity (Wildman–Crippen MR) is 126 cm³/mol. The molecule has 0 bridgehead atoms. The number of aromatic nitrogens is 5. The van der Waals surface area contributed by atoms with Crippen molar-refractivity contribution in [2.24, 2.45) is 0 Å². The molecule has 0 aliphatic rings. The monoisotopic (exact) mass is 441 g/mol. The number of ether oxygens (including phenoxy) is 1. The van der Waals surface area contributed by atoms with Crippen LogP contribution in [-0.4, -0.2) is 43.6 Å². The lowest BCUT2D eigenvalue weighted by atomic mass is 10.2. The largest absolute Gasteiger partial charge is 0.462 e. The van der Waals surface area contributed by atoms with Gasteiger partial charge in [-0.05, 0) is 24.6 Å². The molecule has 2 N–H and O–H groups in total. The van der Waals surface area contributed by atoms with E-state index in [1.165, 1.54) is 6.20 Å². The lowest BCUT2D eigenvalue weighted by molar-refractivity contribution is 0.0528. The highest BCUT2D eigenvalue weighted by Gasteiger charge is 2.21. The zero-order valence-electron chi connectivity index (χ0n) is 18.3. The number of nitrogens with two attached hydrogens (primary N) is 1. The van der Waals surface area contributed by atoms with Gasteiger partial charge < -0.3 is 15.4 Å². The summed E-state index contributed by atoms with van der Waals surface area (Å²) in [5.74, 6) is 0.318. The van der Waals surface area contributed by atoms with E-state index in [0.717, 1.165) is 17.1 Å². The van der Waals surface area contributed by atoms with Crippen molar-refractivity contribution < 1.29 is 9.53 Å². The topological polar surface area (TPSA) is 103 Å². The van der Waals surface area contributed by atoms with Crippen LogP contribution in [0.4, 0.5) is 11.5 Å². The molecular weight excluding hydrogens is 418 g/mol. The second-order valence-corrected chi connectivity index (χ2v) is 7.65. The number of nitrogens with zero attached hydrogens (tertiary/aromatic N) is 6. The number of hydrogen-bond donors (Lipinski definition) is 1. The van der Waals surface area contributed by atoms with Gasteiger partial charge in [0.05, 0.1) is 29.9 Å². The Balaban J connectivity index is 1.71. The van der Waals surface area contributed by atoms with Gasteiger partial charge in [0.2, 0.25) is 0 Å². The van der Waals surface area contributed by atoms with E-state index in [1.54, 1.807) is 23.7 Å². The second-order valence-electron chi connectivity index (χ2n) is 7.65. The maximum Gasteiger partial charge on any atom is 0.343 e. The van der Waals surface area contributed by atoms with Gasteiger partial charge in [-0.25, -0.2) is 14.8 Å². The van der Waals surface area contributed by atoms with Crippen LogP contribution >= 0.6 is 0 Å². The number of rotatable bonds is 6. The Labute approximate surface area is 190 Å². The van der Waals surface area contributed by atoms with Gasteiger partial charge in [-0.15, -0.1) is 0 Å². The van der Waals surface area contributed by atoms with Gasteiger partial charge >= 0.3 is 5.97 Å². The number of anilines is 2. The zero-order chi connectivity index (χ0) is 22.9. The molecule has 0 saturated carbocycles. The van der Waals surface area contributed by atoms with Crippen LogP contribution in [0.1, 0.15) is 22.8 Å². The molecule has 0 radical (unpaired) electrons. The van der Waals surface area contributed by atoms with E-state index < -0.39 is 5.97 Å². The lowest BCUT2D eigenvalue weighted by Crippen LogP contribution is -2.20. The number of carbonyl (C=O) groups is 1. The summed E-state index contributed by atoms with van der Waals surface area (Å²) < 4.78 is 8.78. The summed E-state index contributed by atoms with van der Waals surface area (Å²) in [6.07, 6.45) is 5.03. The first kappa shape index (κ1) is 20.5. The standard InChI is InChI=1S/C24H23N7O2/c1-3-33-24(32)17-14-27-31-21(29(2)15-16-7-5-4-6-8-16)13-19(28-22(17)31)20-10-9-18(25)23-26-11-12-30(20)23/h4-14H,3,15,25H2,1-2H3. The van der Waals surface area contributed by atoms with Gasteiger partial charge in [0.15, 0.2) is 11.3 Å². The minimum atomic E-state index is -0.459. The molecule has 0 spiro atoms. The highest BCUT2D eigenvalue weighted by Crippen LogP contribution is 2.28. The molecule has 0 aliphatic carbocycles. The summed E-state index contributed by atoms with van der Waals surface area (Å²) in [5, 5.41) is 4.46. The van der Waals surface area contributed by atoms with Crippen LogP contribution in [0.3, 0.4) is 0 Å². The average Bonchev–Trinajstić information content (AvgIpc) is 3.47. The fourth-order valence-corrected chi connectivity index (χ4v) is 3.89. The molecule has 4 heterocycles. The Kier molecular flexibility index (Phi) is 5.14. The van der Waals surface area contributed by atoms with Crippen LogP contribution in [0.2, 0.25) is 0 Å². The summed E-state index contributed by atoms with van der Waals surface area (Å²) >= 11 is 0. The fourth-order valence-electron chi connectivity index (χ4n) is 3.89. The van der Waals surface area contributed by atoms with Gasteiger partial charge in [-0.1, -0.05) is 30.3 Å². The first-order valence-corrected chi connectivity index (χ1v) is 10.6. The number of carbonyl (C=O) groups excluding carboxylic acids is 1. The third-order valence-electron chi connectivity index (χ3n) is 5.44. The number of esters is 1.